The molecule has 2 aromatic carbocycles. The monoisotopic (exact) mass is 298 g/mol. The van der Waals surface area contributed by atoms with Crippen LogP contribution in [0.4, 0.5) is 0 Å². The third-order valence-electron chi connectivity index (χ3n) is 3.70. The summed E-state index contributed by atoms with van der Waals surface area (Å²) in [4.78, 5) is 3.72. The van der Waals surface area contributed by atoms with Gasteiger partial charge in [-0.15, -0.1) is 0 Å². The maximum absolute atomic E-state index is 5.45. The molecular weight excluding hydrogens is 278 g/mol. The zero-order valence-electron chi connectivity index (χ0n) is 12.0. The van der Waals surface area contributed by atoms with Gasteiger partial charge in [-0.3, -0.25) is 9.80 Å². The van der Waals surface area contributed by atoms with E-state index in [2.05, 4.69) is 64.8 Å². The second-order valence-corrected chi connectivity index (χ2v) is 5.80. The van der Waals surface area contributed by atoms with Crippen molar-refractivity contribution in [1.82, 2.24) is 10.2 Å². The molecule has 0 bridgehead atoms. The van der Waals surface area contributed by atoms with Crippen molar-refractivity contribution in [3.8, 4) is 0 Å². The number of quaternary nitrogens is 1. The fraction of sp³-hybridized carbons (Fsp3) is 0.235. The van der Waals surface area contributed by atoms with Crippen molar-refractivity contribution < 1.29 is 4.90 Å². The Morgan fingerprint density at radius 2 is 1.57 bits per heavy atom. The van der Waals surface area contributed by atoms with Crippen LogP contribution in [0.15, 0.2) is 60.7 Å². The lowest BCUT2D eigenvalue weighted by Crippen LogP contribution is -3.15. The molecular formula is C17H20N3S+. The first kappa shape index (κ1) is 14.0. The molecule has 1 atom stereocenters. The second-order valence-electron chi connectivity index (χ2n) is 5.41. The largest absolute Gasteiger partial charge is 0.316 e. The topological polar surface area (TPSA) is 19.7 Å². The lowest BCUT2D eigenvalue weighted by Gasteiger charge is -2.35. The molecule has 1 fully saturated rings. The van der Waals surface area contributed by atoms with Crippen molar-refractivity contribution in [1.29, 1.82) is 0 Å². The first-order valence-corrected chi connectivity index (χ1v) is 7.66. The van der Waals surface area contributed by atoms with Crippen LogP contribution in [0.3, 0.4) is 0 Å². The molecule has 1 heterocycles. The van der Waals surface area contributed by atoms with Gasteiger partial charge in [-0.25, -0.2) is 0 Å². The summed E-state index contributed by atoms with van der Waals surface area (Å²) in [6.45, 7) is 3.71. The molecule has 3 nitrogen and oxygen atoms in total. The third-order valence-corrected chi connectivity index (χ3v) is 4.11. The van der Waals surface area contributed by atoms with Gasteiger partial charge in [-0.1, -0.05) is 60.7 Å². The van der Waals surface area contributed by atoms with E-state index >= 15 is 0 Å². The standard InChI is InChI=1S/C17H19N3S/c21-17-18-13-19(11-15-7-3-1-4-8-15)14-20(17)12-16-9-5-2-6-10-16/h1-10H,11-14H2,(H,18,21)/p+1. The van der Waals surface area contributed by atoms with Gasteiger partial charge in [-0.2, -0.15) is 0 Å². The van der Waals surface area contributed by atoms with E-state index in [-0.39, 0.29) is 0 Å². The Bertz CT molecular complexity index is 585. The van der Waals surface area contributed by atoms with Gasteiger partial charge in [0.15, 0.2) is 18.4 Å². The first-order chi connectivity index (χ1) is 10.3. The Morgan fingerprint density at radius 1 is 0.952 bits per heavy atom. The molecule has 1 unspecified atom stereocenters. The van der Waals surface area contributed by atoms with E-state index in [1.807, 2.05) is 6.07 Å². The summed E-state index contributed by atoms with van der Waals surface area (Å²) in [5, 5.41) is 4.20. The lowest BCUT2D eigenvalue weighted by atomic mass is 10.2. The minimum atomic E-state index is 0.857. The van der Waals surface area contributed by atoms with Gasteiger partial charge >= 0.3 is 0 Å². The quantitative estimate of drug-likeness (QED) is 0.832. The lowest BCUT2D eigenvalue weighted by molar-refractivity contribution is -0.927. The van der Waals surface area contributed by atoms with Crippen molar-refractivity contribution in [3.63, 3.8) is 0 Å². The van der Waals surface area contributed by atoms with Gasteiger partial charge < -0.3 is 5.32 Å². The van der Waals surface area contributed by atoms with Crippen molar-refractivity contribution in [2.24, 2.45) is 0 Å². The fourth-order valence-electron chi connectivity index (χ4n) is 2.64. The Balaban J connectivity index is 1.63. The van der Waals surface area contributed by atoms with E-state index in [0.717, 1.165) is 31.5 Å². The number of hydrogen-bond donors (Lipinski definition) is 2. The number of nitrogens with one attached hydrogen (secondary N) is 2. The van der Waals surface area contributed by atoms with Gasteiger partial charge in [0.1, 0.15) is 6.54 Å². The molecule has 0 amide bonds. The molecule has 2 N–H and O–H groups in total. The average Bonchev–Trinajstić information content (AvgIpc) is 2.53. The molecule has 0 saturated carbocycles. The Morgan fingerprint density at radius 3 is 2.24 bits per heavy atom. The van der Waals surface area contributed by atoms with Gasteiger partial charge in [0.05, 0.1) is 6.54 Å². The molecule has 4 heteroatoms. The maximum Gasteiger partial charge on any atom is 0.177 e. The Hall–Kier alpha value is -1.91. The summed E-state index contributed by atoms with van der Waals surface area (Å²) in [6.07, 6.45) is 0. The summed E-state index contributed by atoms with van der Waals surface area (Å²) in [5.41, 5.74) is 2.66. The first-order valence-electron chi connectivity index (χ1n) is 7.25. The highest BCUT2D eigenvalue weighted by atomic mass is 32.1. The number of benzene rings is 2. The smallest absolute Gasteiger partial charge is 0.177 e. The van der Waals surface area contributed by atoms with Crippen molar-refractivity contribution in [2.45, 2.75) is 13.1 Å². The van der Waals surface area contributed by atoms with Crippen LogP contribution < -0.4 is 10.2 Å². The number of nitrogens with zero attached hydrogens (tertiary/aromatic N) is 1. The SMILES string of the molecule is S=C1NC[NH+](Cc2ccccc2)CN1Cc1ccccc1. The summed E-state index contributed by atoms with van der Waals surface area (Å²) >= 11 is 5.45. The molecule has 108 valence electrons. The van der Waals surface area contributed by atoms with Crippen LogP contribution in [0, 0.1) is 0 Å². The van der Waals surface area contributed by atoms with Crippen molar-refractivity contribution in [2.75, 3.05) is 13.3 Å². The number of rotatable bonds is 4. The van der Waals surface area contributed by atoms with Crippen molar-refractivity contribution >= 4 is 17.3 Å². The van der Waals surface area contributed by atoms with E-state index in [9.17, 15) is 0 Å². The molecule has 0 aliphatic carbocycles. The highest BCUT2D eigenvalue weighted by Crippen LogP contribution is 2.04. The summed E-state index contributed by atoms with van der Waals surface area (Å²) < 4.78 is 0. The van der Waals surface area contributed by atoms with Crippen LogP contribution >= 0.6 is 12.2 Å². The van der Waals surface area contributed by atoms with E-state index < -0.39 is 0 Å². The molecule has 3 rings (SSSR count). The van der Waals surface area contributed by atoms with Crippen LogP contribution in [0.1, 0.15) is 11.1 Å². The van der Waals surface area contributed by atoms with Gasteiger partial charge in [0, 0.05) is 5.56 Å². The summed E-state index contributed by atoms with van der Waals surface area (Å²) in [7, 11) is 0. The third kappa shape index (κ3) is 3.80. The van der Waals surface area contributed by atoms with Gasteiger partial charge in [-0.05, 0) is 17.8 Å². The van der Waals surface area contributed by atoms with Crippen LogP contribution in [0.25, 0.3) is 0 Å². The molecule has 0 aromatic heterocycles. The Kier molecular flexibility index (Phi) is 4.48. The highest BCUT2D eigenvalue weighted by molar-refractivity contribution is 7.80. The molecule has 1 aliphatic rings. The second kappa shape index (κ2) is 6.70. The van der Waals surface area contributed by atoms with Gasteiger partial charge in [0.25, 0.3) is 0 Å². The van der Waals surface area contributed by atoms with Gasteiger partial charge in [0.2, 0.25) is 0 Å². The Labute approximate surface area is 131 Å². The average molecular weight is 298 g/mol. The van der Waals surface area contributed by atoms with E-state index in [1.165, 1.54) is 16.0 Å². The van der Waals surface area contributed by atoms with E-state index in [0.29, 0.717) is 0 Å². The highest BCUT2D eigenvalue weighted by Gasteiger charge is 2.23. The number of thiocarbonyl (C=S) groups is 1. The van der Waals surface area contributed by atoms with Crippen molar-refractivity contribution in [3.05, 3.63) is 71.8 Å². The molecule has 0 radical (unpaired) electrons. The van der Waals surface area contributed by atoms with E-state index in [1.54, 1.807) is 0 Å². The minimum absolute atomic E-state index is 0.857. The van der Waals surface area contributed by atoms with Crippen LogP contribution in [0.2, 0.25) is 0 Å². The van der Waals surface area contributed by atoms with Crippen LogP contribution in [-0.4, -0.2) is 23.3 Å². The fourth-order valence-corrected chi connectivity index (χ4v) is 2.85. The molecule has 0 spiro atoms. The summed E-state index contributed by atoms with van der Waals surface area (Å²) in [5.74, 6) is 0. The predicted molar refractivity (Wildman–Crippen MR) is 88.6 cm³/mol. The van der Waals surface area contributed by atoms with Crippen LogP contribution in [-0.2, 0) is 13.1 Å². The number of hydrogen-bond acceptors (Lipinski definition) is 1. The zero-order valence-corrected chi connectivity index (χ0v) is 12.8. The minimum Gasteiger partial charge on any atom is -0.316 e. The normalized spacial score (nSPS) is 18.4. The molecule has 1 saturated heterocycles. The molecule has 21 heavy (non-hydrogen) atoms. The zero-order chi connectivity index (χ0) is 14.5. The summed E-state index contributed by atoms with van der Waals surface area (Å²) in [6, 6.07) is 21.1. The maximum atomic E-state index is 5.45. The molecule has 1 aliphatic heterocycles. The predicted octanol–water partition coefficient (Wildman–Crippen LogP) is 1.38. The molecule has 2 aromatic rings. The van der Waals surface area contributed by atoms with Crippen LogP contribution in [0.5, 0.6) is 0 Å². The van der Waals surface area contributed by atoms with E-state index in [4.69, 9.17) is 12.2 Å².